The van der Waals surface area contributed by atoms with Crippen molar-refractivity contribution in [1.82, 2.24) is 0 Å². The van der Waals surface area contributed by atoms with Gasteiger partial charge in [-0.2, -0.15) is 0 Å². The van der Waals surface area contributed by atoms with E-state index in [2.05, 4.69) is 19.9 Å². The second kappa shape index (κ2) is 39.6. The van der Waals surface area contributed by atoms with E-state index in [0.29, 0.717) is 19.3 Å². The largest absolute Gasteiger partial charge is 0.463 e. The molecule has 0 aromatic heterocycles. The fraction of sp³-hybridized carbons (Fsp3) is 0.773. The van der Waals surface area contributed by atoms with Crippen molar-refractivity contribution in [3.05, 3.63) is 48.6 Å². The molecule has 0 saturated heterocycles. The Morgan fingerprint density at radius 1 is 0.500 bits per heavy atom. The molecule has 0 saturated carbocycles. The second-order valence-electron chi connectivity index (χ2n) is 14.0. The molecule has 0 aromatic rings. The van der Waals surface area contributed by atoms with Crippen LogP contribution in [0.25, 0.3) is 0 Å². The molecule has 6 heteroatoms. The van der Waals surface area contributed by atoms with Crippen molar-refractivity contribution in [3.63, 3.8) is 0 Å². The lowest BCUT2D eigenvalue weighted by Crippen LogP contribution is -2.25. The van der Waals surface area contributed by atoms with Crippen LogP contribution >= 0.6 is 0 Å². The fourth-order valence-corrected chi connectivity index (χ4v) is 5.69. The van der Waals surface area contributed by atoms with Gasteiger partial charge < -0.3 is 19.7 Å². The molecule has 0 aliphatic rings. The van der Waals surface area contributed by atoms with Crippen molar-refractivity contribution < 1.29 is 29.3 Å². The maximum absolute atomic E-state index is 12.0. The van der Waals surface area contributed by atoms with E-state index < -0.39 is 12.2 Å². The Bertz CT molecular complexity index is 861. The third-order valence-electron chi connectivity index (χ3n) is 8.90. The van der Waals surface area contributed by atoms with Gasteiger partial charge in [-0.3, -0.25) is 9.59 Å². The first kappa shape index (κ1) is 47.8. The number of ether oxygens (including phenoxy) is 2. The zero-order chi connectivity index (χ0) is 36.6. The van der Waals surface area contributed by atoms with Gasteiger partial charge in [-0.15, -0.1) is 0 Å². The zero-order valence-electron chi connectivity index (χ0n) is 32.5. The van der Waals surface area contributed by atoms with Gasteiger partial charge in [0.25, 0.3) is 0 Å². The lowest BCUT2D eigenvalue weighted by molar-refractivity contribution is -0.152. The van der Waals surface area contributed by atoms with Crippen molar-refractivity contribution in [2.24, 2.45) is 0 Å². The summed E-state index contributed by atoms with van der Waals surface area (Å²) in [6, 6.07) is 0. The molecule has 0 heterocycles. The molecule has 50 heavy (non-hydrogen) atoms. The topological polar surface area (TPSA) is 93.1 Å². The normalized spacial score (nSPS) is 13.3. The standard InChI is InChI=1S/C44H78O6/c1-3-5-7-9-11-12-13-14-15-16-17-18-19-20-21-25-29-33-37-43(47)49-39-42(46)40-50-44(48)38-34-30-26-22-24-28-32-36-41(45)35-31-27-23-10-8-6-4-2/h22-23,26-28,31-32,35,41-42,45-46H,3-21,24-25,29-30,33-34,36-40H2,1-2H3/b26-22+,27-23-,32-28-,35-31-/t41-,42+/m1/s1. The maximum atomic E-state index is 12.0. The Balaban J connectivity index is 3.56. The van der Waals surface area contributed by atoms with Crippen LogP contribution in [-0.4, -0.2) is 47.6 Å². The van der Waals surface area contributed by atoms with Crippen LogP contribution in [0.15, 0.2) is 48.6 Å². The minimum Gasteiger partial charge on any atom is -0.463 e. The van der Waals surface area contributed by atoms with Gasteiger partial charge in [-0.05, 0) is 44.9 Å². The van der Waals surface area contributed by atoms with Gasteiger partial charge >= 0.3 is 11.9 Å². The van der Waals surface area contributed by atoms with E-state index in [1.165, 1.54) is 116 Å². The van der Waals surface area contributed by atoms with Gasteiger partial charge in [0.1, 0.15) is 19.3 Å². The summed E-state index contributed by atoms with van der Waals surface area (Å²) >= 11 is 0. The Kier molecular flexibility index (Phi) is 37.9. The number of hydrogen-bond donors (Lipinski definition) is 2. The summed E-state index contributed by atoms with van der Waals surface area (Å²) < 4.78 is 10.3. The fourth-order valence-electron chi connectivity index (χ4n) is 5.69. The number of allylic oxidation sites excluding steroid dienone is 6. The van der Waals surface area contributed by atoms with E-state index >= 15 is 0 Å². The van der Waals surface area contributed by atoms with Crippen LogP contribution < -0.4 is 0 Å². The highest BCUT2D eigenvalue weighted by molar-refractivity contribution is 5.69. The summed E-state index contributed by atoms with van der Waals surface area (Å²) in [6.45, 7) is 4.16. The van der Waals surface area contributed by atoms with Crippen LogP contribution in [0, 0.1) is 0 Å². The highest BCUT2D eigenvalue weighted by atomic mass is 16.6. The molecule has 6 nitrogen and oxygen atoms in total. The van der Waals surface area contributed by atoms with E-state index in [0.717, 1.165) is 38.5 Å². The molecule has 290 valence electrons. The molecule has 0 aromatic carbocycles. The third-order valence-corrected chi connectivity index (χ3v) is 8.90. The number of hydrogen-bond acceptors (Lipinski definition) is 6. The number of carbonyl (C=O) groups is 2. The number of carbonyl (C=O) groups excluding carboxylic acids is 2. The van der Waals surface area contributed by atoms with Gasteiger partial charge in [0.2, 0.25) is 0 Å². The Hall–Kier alpha value is -2.18. The Morgan fingerprint density at radius 3 is 1.48 bits per heavy atom. The van der Waals surface area contributed by atoms with Crippen LogP contribution in [0.5, 0.6) is 0 Å². The SMILES string of the molecule is CCCCC/C=C\C=C/[C@@H](O)C/C=C\C/C=C/CCCC(=O)OC[C@@H](O)COC(=O)CCCCCCCCCCCCCCCCCCCC. The minimum atomic E-state index is -1.00. The average molecular weight is 703 g/mol. The lowest BCUT2D eigenvalue weighted by Gasteiger charge is -2.12. The highest BCUT2D eigenvalue weighted by Gasteiger charge is 2.12. The maximum Gasteiger partial charge on any atom is 0.305 e. The van der Waals surface area contributed by atoms with Gasteiger partial charge in [0.05, 0.1) is 6.10 Å². The second-order valence-corrected chi connectivity index (χ2v) is 14.0. The molecule has 0 aliphatic carbocycles. The van der Waals surface area contributed by atoms with E-state index in [4.69, 9.17) is 9.47 Å². The van der Waals surface area contributed by atoms with Crippen molar-refractivity contribution in [2.75, 3.05) is 13.2 Å². The average Bonchev–Trinajstić information content (AvgIpc) is 3.11. The van der Waals surface area contributed by atoms with Crippen molar-refractivity contribution in [3.8, 4) is 0 Å². The predicted octanol–water partition coefficient (Wildman–Crippen LogP) is 12.0. The Morgan fingerprint density at radius 2 is 0.940 bits per heavy atom. The van der Waals surface area contributed by atoms with Gasteiger partial charge in [-0.25, -0.2) is 0 Å². The minimum absolute atomic E-state index is 0.148. The summed E-state index contributed by atoms with van der Waals surface area (Å²) in [5.74, 6) is -0.664. The molecule has 2 N–H and O–H groups in total. The number of unbranched alkanes of at least 4 members (excludes halogenated alkanes) is 21. The van der Waals surface area contributed by atoms with Gasteiger partial charge in [-0.1, -0.05) is 184 Å². The first-order valence-electron chi connectivity index (χ1n) is 20.8. The summed E-state index contributed by atoms with van der Waals surface area (Å²) in [7, 11) is 0. The summed E-state index contributed by atoms with van der Waals surface area (Å²) in [6.07, 6.45) is 46.3. The first-order valence-corrected chi connectivity index (χ1v) is 20.8. The predicted molar refractivity (Wildman–Crippen MR) is 211 cm³/mol. The van der Waals surface area contributed by atoms with Crippen LogP contribution in [-0.2, 0) is 19.1 Å². The molecule has 0 bridgehead atoms. The van der Waals surface area contributed by atoms with Crippen molar-refractivity contribution in [1.29, 1.82) is 0 Å². The third kappa shape index (κ3) is 38.6. The number of aliphatic hydroxyl groups is 2. The summed E-state index contributed by atoms with van der Waals surface area (Å²) in [4.78, 5) is 23.9. The molecule has 2 atom stereocenters. The number of esters is 2. The Labute approximate surface area is 308 Å². The van der Waals surface area contributed by atoms with E-state index in [1.54, 1.807) is 0 Å². The van der Waals surface area contributed by atoms with Crippen LogP contribution in [0.1, 0.15) is 194 Å². The molecular weight excluding hydrogens is 624 g/mol. The van der Waals surface area contributed by atoms with Crippen molar-refractivity contribution in [2.45, 2.75) is 206 Å². The van der Waals surface area contributed by atoms with E-state index in [1.807, 2.05) is 42.5 Å². The van der Waals surface area contributed by atoms with E-state index in [-0.39, 0.29) is 31.6 Å². The quantitative estimate of drug-likeness (QED) is 0.0290. The molecule has 0 spiro atoms. The van der Waals surface area contributed by atoms with Crippen LogP contribution in [0.4, 0.5) is 0 Å². The number of aliphatic hydroxyl groups excluding tert-OH is 2. The first-order chi connectivity index (χ1) is 24.5. The lowest BCUT2D eigenvalue weighted by atomic mass is 10.0. The molecule has 0 amide bonds. The molecule has 0 aliphatic heterocycles. The summed E-state index contributed by atoms with van der Waals surface area (Å²) in [5.41, 5.74) is 0. The van der Waals surface area contributed by atoms with Gasteiger partial charge in [0, 0.05) is 12.8 Å². The van der Waals surface area contributed by atoms with Crippen molar-refractivity contribution >= 4 is 11.9 Å². The van der Waals surface area contributed by atoms with Crippen LogP contribution in [0.3, 0.4) is 0 Å². The summed E-state index contributed by atoms with van der Waals surface area (Å²) in [5, 5.41) is 20.0. The molecule has 0 radical (unpaired) electrons. The monoisotopic (exact) mass is 703 g/mol. The molecule has 0 fully saturated rings. The molecular formula is C44H78O6. The smallest absolute Gasteiger partial charge is 0.305 e. The molecule has 0 rings (SSSR count). The van der Waals surface area contributed by atoms with Crippen LogP contribution in [0.2, 0.25) is 0 Å². The van der Waals surface area contributed by atoms with Gasteiger partial charge in [0.15, 0.2) is 0 Å². The molecule has 0 unspecified atom stereocenters. The highest BCUT2D eigenvalue weighted by Crippen LogP contribution is 2.15. The van der Waals surface area contributed by atoms with E-state index in [9.17, 15) is 19.8 Å². The number of rotatable bonds is 37. The zero-order valence-corrected chi connectivity index (χ0v) is 32.5.